The standard InChI is InChI=1S/C10H16N6OS/c1-7(2)18-6-9-12-10(17-14-9)8-5-16(4-3-11)15-13-8/h5,7H,3-4,6,11H2,1-2H3. The summed E-state index contributed by atoms with van der Waals surface area (Å²) in [6.45, 7) is 5.40. The van der Waals surface area contributed by atoms with Gasteiger partial charge in [0.25, 0.3) is 5.89 Å². The van der Waals surface area contributed by atoms with Crippen LogP contribution in [-0.4, -0.2) is 36.9 Å². The number of nitrogens with two attached hydrogens (primary N) is 1. The first kappa shape index (κ1) is 13.0. The molecule has 2 rings (SSSR count). The zero-order valence-electron chi connectivity index (χ0n) is 10.4. The molecule has 0 aliphatic carbocycles. The molecule has 98 valence electrons. The maximum Gasteiger partial charge on any atom is 0.280 e. The summed E-state index contributed by atoms with van der Waals surface area (Å²) in [5.41, 5.74) is 6.02. The molecule has 0 unspecified atom stereocenters. The Morgan fingerprint density at radius 2 is 2.33 bits per heavy atom. The number of nitrogens with zero attached hydrogens (tertiary/aromatic N) is 5. The van der Waals surface area contributed by atoms with Gasteiger partial charge in [0.2, 0.25) is 0 Å². The van der Waals surface area contributed by atoms with Gasteiger partial charge < -0.3 is 10.3 Å². The zero-order valence-corrected chi connectivity index (χ0v) is 11.2. The highest BCUT2D eigenvalue weighted by molar-refractivity contribution is 7.99. The Morgan fingerprint density at radius 1 is 1.50 bits per heavy atom. The van der Waals surface area contributed by atoms with Crippen molar-refractivity contribution in [1.82, 2.24) is 25.1 Å². The minimum Gasteiger partial charge on any atom is -0.332 e. The number of thioether (sulfide) groups is 1. The molecular formula is C10H16N6OS. The molecule has 0 amide bonds. The van der Waals surface area contributed by atoms with Crippen LogP contribution in [0.2, 0.25) is 0 Å². The molecule has 2 aromatic rings. The first-order valence-corrected chi connectivity index (χ1v) is 6.78. The second kappa shape index (κ2) is 5.96. The Kier molecular flexibility index (Phi) is 4.32. The Labute approximate surface area is 109 Å². The molecule has 2 heterocycles. The lowest BCUT2D eigenvalue weighted by Crippen LogP contribution is -2.10. The number of hydrogen-bond donors (Lipinski definition) is 1. The van der Waals surface area contributed by atoms with Crippen molar-refractivity contribution < 1.29 is 4.52 Å². The quantitative estimate of drug-likeness (QED) is 0.832. The van der Waals surface area contributed by atoms with Crippen molar-refractivity contribution in [1.29, 1.82) is 0 Å². The third-order valence-corrected chi connectivity index (χ3v) is 3.22. The second-order valence-corrected chi connectivity index (χ2v) is 5.60. The monoisotopic (exact) mass is 268 g/mol. The lowest BCUT2D eigenvalue weighted by molar-refractivity contribution is 0.424. The van der Waals surface area contributed by atoms with Gasteiger partial charge in [-0.2, -0.15) is 16.7 Å². The summed E-state index contributed by atoms with van der Waals surface area (Å²) < 4.78 is 6.81. The van der Waals surface area contributed by atoms with Gasteiger partial charge in [-0.05, 0) is 5.25 Å². The van der Waals surface area contributed by atoms with E-state index >= 15 is 0 Å². The summed E-state index contributed by atoms with van der Waals surface area (Å²) in [6, 6.07) is 0. The molecule has 2 N–H and O–H groups in total. The fraction of sp³-hybridized carbons (Fsp3) is 0.600. The van der Waals surface area contributed by atoms with Crippen molar-refractivity contribution in [3.05, 3.63) is 12.0 Å². The Bertz CT molecular complexity index is 494. The highest BCUT2D eigenvalue weighted by Crippen LogP contribution is 2.18. The van der Waals surface area contributed by atoms with Crippen molar-refractivity contribution in [2.75, 3.05) is 6.54 Å². The number of hydrogen-bond acceptors (Lipinski definition) is 7. The molecule has 0 fully saturated rings. The minimum absolute atomic E-state index is 0.401. The van der Waals surface area contributed by atoms with E-state index in [1.54, 1.807) is 22.6 Å². The summed E-state index contributed by atoms with van der Waals surface area (Å²) >= 11 is 1.76. The zero-order chi connectivity index (χ0) is 13.0. The van der Waals surface area contributed by atoms with Crippen LogP contribution in [0.5, 0.6) is 0 Å². The highest BCUT2D eigenvalue weighted by atomic mass is 32.2. The van der Waals surface area contributed by atoms with Crippen LogP contribution in [0.3, 0.4) is 0 Å². The van der Waals surface area contributed by atoms with Gasteiger partial charge in [0.15, 0.2) is 11.5 Å². The molecular weight excluding hydrogens is 252 g/mol. The molecule has 0 spiro atoms. The molecule has 0 radical (unpaired) electrons. The molecule has 0 bridgehead atoms. The largest absolute Gasteiger partial charge is 0.332 e. The maximum atomic E-state index is 5.44. The average Bonchev–Trinajstić information content (AvgIpc) is 2.94. The average molecular weight is 268 g/mol. The van der Waals surface area contributed by atoms with Crippen molar-refractivity contribution >= 4 is 11.8 Å². The topological polar surface area (TPSA) is 95.7 Å². The van der Waals surface area contributed by atoms with E-state index in [9.17, 15) is 0 Å². The summed E-state index contributed by atoms with van der Waals surface area (Å²) in [4.78, 5) is 4.28. The highest BCUT2D eigenvalue weighted by Gasteiger charge is 2.12. The van der Waals surface area contributed by atoms with Gasteiger partial charge in [0.05, 0.1) is 18.5 Å². The molecule has 0 aromatic carbocycles. The van der Waals surface area contributed by atoms with Crippen LogP contribution >= 0.6 is 11.8 Å². The Balaban J connectivity index is 2.04. The van der Waals surface area contributed by atoms with Gasteiger partial charge in [-0.15, -0.1) is 5.10 Å². The first-order chi connectivity index (χ1) is 8.69. The van der Waals surface area contributed by atoms with Crippen LogP contribution in [0.15, 0.2) is 10.7 Å². The van der Waals surface area contributed by atoms with E-state index in [0.29, 0.717) is 35.7 Å². The molecule has 7 nitrogen and oxygen atoms in total. The van der Waals surface area contributed by atoms with Crippen molar-refractivity contribution in [2.45, 2.75) is 31.4 Å². The van der Waals surface area contributed by atoms with Crippen molar-refractivity contribution in [3.8, 4) is 11.6 Å². The van der Waals surface area contributed by atoms with Crippen LogP contribution < -0.4 is 5.73 Å². The van der Waals surface area contributed by atoms with E-state index in [2.05, 4.69) is 34.3 Å². The van der Waals surface area contributed by atoms with E-state index in [1.165, 1.54) is 0 Å². The number of aromatic nitrogens is 5. The molecule has 0 atom stereocenters. The summed E-state index contributed by atoms with van der Waals surface area (Å²) in [6.07, 6.45) is 1.75. The summed E-state index contributed by atoms with van der Waals surface area (Å²) in [7, 11) is 0. The summed E-state index contributed by atoms with van der Waals surface area (Å²) in [5.74, 6) is 1.81. The predicted molar refractivity (Wildman–Crippen MR) is 68.8 cm³/mol. The maximum absolute atomic E-state index is 5.44. The fourth-order valence-electron chi connectivity index (χ4n) is 1.30. The van der Waals surface area contributed by atoms with Gasteiger partial charge in [-0.1, -0.05) is 24.2 Å². The van der Waals surface area contributed by atoms with Crippen molar-refractivity contribution in [2.24, 2.45) is 5.73 Å². The predicted octanol–water partition coefficient (Wildman–Crippen LogP) is 0.928. The molecule has 8 heteroatoms. The minimum atomic E-state index is 0.401. The van der Waals surface area contributed by atoms with Crippen molar-refractivity contribution in [3.63, 3.8) is 0 Å². The van der Waals surface area contributed by atoms with Gasteiger partial charge in [-0.25, -0.2) is 0 Å². The van der Waals surface area contributed by atoms with E-state index in [-0.39, 0.29) is 0 Å². The SMILES string of the molecule is CC(C)SCc1noc(-c2cn(CCN)nn2)n1. The first-order valence-electron chi connectivity index (χ1n) is 5.74. The van der Waals surface area contributed by atoms with Gasteiger partial charge in [0, 0.05) is 6.54 Å². The molecule has 0 aliphatic heterocycles. The molecule has 0 saturated heterocycles. The van der Waals surface area contributed by atoms with Gasteiger partial charge in [-0.3, -0.25) is 4.68 Å². The Morgan fingerprint density at radius 3 is 3.06 bits per heavy atom. The lowest BCUT2D eigenvalue weighted by atomic mass is 10.5. The van der Waals surface area contributed by atoms with Crippen LogP contribution in [0.25, 0.3) is 11.6 Å². The third-order valence-electron chi connectivity index (χ3n) is 2.13. The van der Waals surface area contributed by atoms with E-state index in [4.69, 9.17) is 10.3 Å². The summed E-state index contributed by atoms with van der Waals surface area (Å²) in [5, 5.41) is 12.3. The fourth-order valence-corrected chi connectivity index (χ4v) is 1.90. The van der Waals surface area contributed by atoms with E-state index in [0.717, 1.165) is 5.75 Å². The van der Waals surface area contributed by atoms with Crippen LogP contribution in [0.4, 0.5) is 0 Å². The van der Waals surface area contributed by atoms with E-state index < -0.39 is 0 Å². The lowest BCUT2D eigenvalue weighted by Gasteiger charge is -1.98. The van der Waals surface area contributed by atoms with Crippen LogP contribution in [-0.2, 0) is 12.3 Å². The second-order valence-electron chi connectivity index (χ2n) is 4.03. The van der Waals surface area contributed by atoms with Gasteiger partial charge >= 0.3 is 0 Å². The number of rotatable bonds is 6. The Hall–Kier alpha value is -1.41. The molecule has 0 saturated carbocycles. The smallest absolute Gasteiger partial charge is 0.280 e. The molecule has 18 heavy (non-hydrogen) atoms. The molecule has 0 aliphatic rings. The third kappa shape index (κ3) is 3.30. The normalized spacial score (nSPS) is 11.3. The van der Waals surface area contributed by atoms with Crippen LogP contribution in [0, 0.1) is 0 Å². The molecule has 2 aromatic heterocycles. The van der Waals surface area contributed by atoms with Crippen LogP contribution in [0.1, 0.15) is 19.7 Å². The van der Waals surface area contributed by atoms with E-state index in [1.807, 2.05) is 0 Å². The van der Waals surface area contributed by atoms with Gasteiger partial charge in [0.1, 0.15) is 0 Å².